The van der Waals surface area contributed by atoms with E-state index >= 15 is 0 Å². The molecule has 0 unspecified atom stereocenters. The van der Waals surface area contributed by atoms with Crippen LogP contribution in [0.5, 0.6) is 0 Å². The van der Waals surface area contributed by atoms with Gasteiger partial charge in [-0.25, -0.2) is 9.59 Å². The molecule has 20 heavy (non-hydrogen) atoms. The van der Waals surface area contributed by atoms with Crippen molar-refractivity contribution >= 4 is 34.6 Å². The SMILES string of the molecule is C.COC(=O)c1sccc1C.Cc1ccsc1C(=O)O. The quantitative estimate of drug-likeness (QED) is 0.842. The van der Waals surface area contributed by atoms with Crippen LogP contribution in [0, 0.1) is 13.8 Å². The monoisotopic (exact) mass is 314 g/mol. The Morgan fingerprint density at radius 1 is 1.05 bits per heavy atom. The van der Waals surface area contributed by atoms with Crippen LogP contribution in [0.2, 0.25) is 0 Å². The first-order chi connectivity index (χ1) is 8.97. The average molecular weight is 314 g/mol. The fourth-order valence-electron chi connectivity index (χ4n) is 1.27. The number of hydrogen-bond acceptors (Lipinski definition) is 5. The number of hydrogen-bond donors (Lipinski definition) is 1. The first-order valence-corrected chi connectivity index (χ1v) is 7.13. The second kappa shape index (κ2) is 8.50. The van der Waals surface area contributed by atoms with Crippen LogP contribution in [0.3, 0.4) is 0 Å². The van der Waals surface area contributed by atoms with E-state index in [0.29, 0.717) is 9.75 Å². The molecule has 0 radical (unpaired) electrons. The Balaban J connectivity index is 0.000000345. The molecule has 4 nitrogen and oxygen atoms in total. The normalized spacial score (nSPS) is 8.95. The van der Waals surface area contributed by atoms with Gasteiger partial charge in [-0.2, -0.15) is 0 Å². The molecule has 0 aromatic carbocycles. The highest BCUT2D eigenvalue weighted by molar-refractivity contribution is 7.12. The van der Waals surface area contributed by atoms with Crippen molar-refractivity contribution in [1.29, 1.82) is 0 Å². The molecule has 0 atom stereocenters. The summed E-state index contributed by atoms with van der Waals surface area (Å²) >= 11 is 2.67. The summed E-state index contributed by atoms with van der Waals surface area (Å²) in [4.78, 5) is 22.3. The molecule has 0 bridgehead atoms. The highest BCUT2D eigenvalue weighted by Gasteiger charge is 2.08. The third-order valence-corrected chi connectivity index (χ3v) is 4.29. The van der Waals surface area contributed by atoms with Gasteiger partial charge in [0.1, 0.15) is 9.75 Å². The van der Waals surface area contributed by atoms with E-state index in [1.807, 2.05) is 18.4 Å². The minimum Gasteiger partial charge on any atom is -0.477 e. The number of aromatic carboxylic acids is 1. The minimum atomic E-state index is -0.831. The number of carboxylic acid groups (broad SMARTS) is 1. The van der Waals surface area contributed by atoms with Gasteiger partial charge in [0.2, 0.25) is 0 Å². The van der Waals surface area contributed by atoms with Crippen molar-refractivity contribution in [3.05, 3.63) is 43.8 Å². The predicted octanol–water partition coefficient (Wildman–Crippen LogP) is 4.23. The number of carboxylic acids is 1. The Morgan fingerprint density at radius 2 is 1.50 bits per heavy atom. The van der Waals surface area contributed by atoms with Crippen LogP contribution in [0.25, 0.3) is 0 Å². The number of aryl methyl sites for hydroxylation is 2. The maximum atomic E-state index is 10.9. The second-order valence-corrected chi connectivity index (χ2v) is 5.49. The molecule has 0 amide bonds. The van der Waals surface area contributed by atoms with E-state index in [1.165, 1.54) is 29.8 Å². The smallest absolute Gasteiger partial charge is 0.348 e. The standard InChI is InChI=1S/C7H8O2S.C6H6O2S.CH4/c1-5-3-4-10-6(5)7(8)9-2;1-4-2-3-9-5(4)6(7)8;/h3-4H,1-2H3;2-3H,1H3,(H,7,8);1H4. The first kappa shape index (κ1) is 18.3. The summed E-state index contributed by atoms with van der Waals surface area (Å²) in [6.07, 6.45) is 0. The van der Waals surface area contributed by atoms with Gasteiger partial charge < -0.3 is 9.84 Å². The largest absolute Gasteiger partial charge is 0.477 e. The molecule has 0 saturated carbocycles. The first-order valence-electron chi connectivity index (χ1n) is 5.37. The zero-order chi connectivity index (χ0) is 14.4. The van der Waals surface area contributed by atoms with Crippen molar-refractivity contribution in [3.63, 3.8) is 0 Å². The summed E-state index contributed by atoms with van der Waals surface area (Å²) in [7, 11) is 1.39. The molecule has 2 heterocycles. The number of esters is 1. The molecule has 0 fully saturated rings. The van der Waals surface area contributed by atoms with E-state index in [9.17, 15) is 9.59 Å². The van der Waals surface area contributed by atoms with E-state index in [0.717, 1.165) is 11.1 Å². The van der Waals surface area contributed by atoms with Gasteiger partial charge in [0.15, 0.2) is 0 Å². The third-order valence-electron chi connectivity index (χ3n) is 2.29. The highest BCUT2D eigenvalue weighted by atomic mass is 32.1. The van der Waals surface area contributed by atoms with Crippen LogP contribution in [-0.2, 0) is 4.74 Å². The molecule has 2 aromatic heterocycles. The number of rotatable bonds is 2. The molecular weight excluding hydrogens is 296 g/mol. The van der Waals surface area contributed by atoms with E-state index in [2.05, 4.69) is 4.74 Å². The fraction of sp³-hybridized carbons (Fsp3) is 0.286. The van der Waals surface area contributed by atoms with Crippen LogP contribution >= 0.6 is 22.7 Å². The van der Waals surface area contributed by atoms with E-state index < -0.39 is 5.97 Å². The van der Waals surface area contributed by atoms with Gasteiger partial charge in [0, 0.05) is 0 Å². The van der Waals surface area contributed by atoms with Crippen LogP contribution in [0.15, 0.2) is 22.9 Å². The van der Waals surface area contributed by atoms with Crippen LogP contribution in [0.1, 0.15) is 37.9 Å². The van der Waals surface area contributed by atoms with Gasteiger partial charge >= 0.3 is 11.9 Å². The zero-order valence-corrected chi connectivity index (χ0v) is 12.4. The summed E-state index contributed by atoms with van der Waals surface area (Å²) < 4.78 is 4.55. The molecule has 0 aliphatic heterocycles. The number of thiophene rings is 2. The molecular formula is C14H18O4S2. The Morgan fingerprint density at radius 3 is 1.75 bits per heavy atom. The lowest BCUT2D eigenvalue weighted by Crippen LogP contribution is -1.99. The zero-order valence-electron chi connectivity index (χ0n) is 10.8. The minimum absolute atomic E-state index is 0. The molecule has 0 aliphatic carbocycles. The van der Waals surface area contributed by atoms with Gasteiger partial charge in [-0.3, -0.25) is 0 Å². The number of ether oxygens (including phenoxy) is 1. The number of carbonyl (C=O) groups is 2. The van der Waals surface area contributed by atoms with E-state index in [-0.39, 0.29) is 13.4 Å². The van der Waals surface area contributed by atoms with Crippen LogP contribution in [-0.4, -0.2) is 24.2 Å². The molecule has 0 saturated heterocycles. The predicted molar refractivity (Wildman–Crippen MR) is 83.1 cm³/mol. The van der Waals surface area contributed by atoms with Crippen molar-refractivity contribution in [3.8, 4) is 0 Å². The van der Waals surface area contributed by atoms with Gasteiger partial charge in [-0.15, -0.1) is 22.7 Å². The summed E-state index contributed by atoms with van der Waals surface area (Å²) in [6, 6.07) is 3.70. The van der Waals surface area contributed by atoms with Crippen LogP contribution in [0.4, 0.5) is 0 Å². The molecule has 2 rings (SSSR count). The Kier molecular flexibility index (Phi) is 7.79. The Labute approximate surface area is 126 Å². The Bertz CT molecular complexity index is 569. The maximum Gasteiger partial charge on any atom is 0.348 e. The average Bonchev–Trinajstić information content (AvgIpc) is 2.97. The number of methoxy groups -OCH3 is 1. The van der Waals surface area contributed by atoms with Gasteiger partial charge in [-0.1, -0.05) is 7.43 Å². The Hall–Kier alpha value is -1.66. The summed E-state index contributed by atoms with van der Waals surface area (Å²) in [6.45, 7) is 3.68. The van der Waals surface area contributed by atoms with Crippen molar-refractivity contribution in [2.45, 2.75) is 21.3 Å². The van der Waals surface area contributed by atoms with Crippen LogP contribution < -0.4 is 0 Å². The third kappa shape index (κ3) is 4.79. The van der Waals surface area contributed by atoms with Gasteiger partial charge in [0.05, 0.1) is 7.11 Å². The topological polar surface area (TPSA) is 63.6 Å². The maximum absolute atomic E-state index is 10.9. The van der Waals surface area contributed by atoms with Crippen molar-refractivity contribution in [1.82, 2.24) is 0 Å². The lowest BCUT2D eigenvalue weighted by atomic mass is 10.3. The number of carbonyl (C=O) groups excluding carboxylic acids is 1. The lowest BCUT2D eigenvalue weighted by molar-refractivity contribution is 0.0604. The summed E-state index contributed by atoms with van der Waals surface area (Å²) in [5.74, 6) is -1.07. The molecule has 1 N–H and O–H groups in total. The van der Waals surface area contributed by atoms with Crippen molar-refractivity contribution < 1.29 is 19.4 Å². The van der Waals surface area contributed by atoms with E-state index in [4.69, 9.17) is 5.11 Å². The van der Waals surface area contributed by atoms with Crippen molar-refractivity contribution in [2.24, 2.45) is 0 Å². The molecule has 0 aliphatic rings. The van der Waals surface area contributed by atoms with Crippen molar-refractivity contribution in [2.75, 3.05) is 7.11 Å². The lowest BCUT2D eigenvalue weighted by Gasteiger charge is -1.94. The second-order valence-electron chi connectivity index (χ2n) is 3.66. The summed E-state index contributed by atoms with van der Waals surface area (Å²) in [5.41, 5.74) is 1.82. The van der Waals surface area contributed by atoms with E-state index in [1.54, 1.807) is 18.4 Å². The van der Waals surface area contributed by atoms with Gasteiger partial charge in [0.25, 0.3) is 0 Å². The summed E-state index contributed by atoms with van der Waals surface area (Å²) in [5, 5.41) is 12.1. The molecule has 2 aromatic rings. The fourth-order valence-corrected chi connectivity index (χ4v) is 2.87. The molecule has 110 valence electrons. The molecule has 0 spiro atoms. The molecule has 6 heteroatoms. The van der Waals surface area contributed by atoms with Gasteiger partial charge in [-0.05, 0) is 47.9 Å². The highest BCUT2D eigenvalue weighted by Crippen LogP contribution is 2.16.